The predicted molar refractivity (Wildman–Crippen MR) is 110 cm³/mol. The van der Waals surface area contributed by atoms with E-state index < -0.39 is 17.7 Å². The van der Waals surface area contributed by atoms with Crippen LogP contribution in [0, 0.1) is 11.8 Å². The Bertz CT molecular complexity index is 892. The fourth-order valence-corrected chi connectivity index (χ4v) is 5.17. The first-order valence-corrected chi connectivity index (χ1v) is 10.5. The molecule has 3 aliphatic rings. The Morgan fingerprint density at radius 3 is 2.58 bits per heavy atom. The number of aliphatic imine (C=N–C) groups is 1. The molecule has 0 radical (unpaired) electrons. The number of amidine groups is 1. The van der Waals surface area contributed by atoms with Crippen LogP contribution in [0.2, 0.25) is 5.02 Å². The van der Waals surface area contributed by atoms with Crippen LogP contribution in [0.5, 0.6) is 0 Å². The molecule has 10 heteroatoms. The van der Waals surface area contributed by atoms with Gasteiger partial charge in [0.1, 0.15) is 11.4 Å². The molecule has 1 saturated carbocycles. The summed E-state index contributed by atoms with van der Waals surface area (Å²) < 4.78 is 31.7. The lowest BCUT2D eigenvalue weighted by Crippen LogP contribution is -2.46. The summed E-state index contributed by atoms with van der Waals surface area (Å²) >= 11 is 6.11. The zero-order valence-electron chi connectivity index (χ0n) is 17.3. The Morgan fingerprint density at radius 1 is 1.35 bits per heavy atom. The minimum atomic E-state index is -5.08. The van der Waals surface area contributed by atoms with Crippen LogP contribution in [0.1, 0.15) is 32.3 Å². The maximum atomic E-state index is 13.0. The van der Waals surface area contributed by atoms with Gasteiger partial charge in [-0.05, 0) is 50.3 Å². The lowest BCUT2D eigenvalue weighted by molar-refractivity contribution is -0.192. The Morgan fingerprint density at radius 2 is 2.03 bits per heavy atom. The average molecular weight is 460 g/mol. The number of likely N-dealkylation sites (tertiary alicyclic amines) is 1. The maximum absolute atomic E-state index is 13.0. The SMILES string of the molecule is CCN1C(=O)[C@]2(CC[C@@H]3CN(Cc4cccc(Cl)c4)C[C@@H]32)N=C1C.O=C(O)C(F)(F)F. The standard InChI is InChI=1S/C19H24ClN3O.C2HF3O2/c1-3-23-13(2)21-19(18(23)24)8-7-15-11-22(12-17(15)19)10-14-5-4-6-16(20)9-14;3-2(4,5)1(6)7/h4-6,9,15,17H,3,7-8,10-12H2,1-2H3;(H,6,7)/t15-,17+,19-;/m1./s1. The molecule has 1 N–H and O–H groups in total. The number of alkyl halides is 3. The van der Waals surface area contributed by atoms with Crippen molar-refractivity contribution < 1.29 is 27.9 Å². The molecule has 1 spiro atoms. The van der Waals surface area contributed by atoms with Crippen molar-refractivity contribution in [3.63, 3.8) is 0 Å². The van der Waals surface area contributed by atoms with E-state index in [1.807, 2.05) is 36.9 Å². The molecule has 1 aliphatic carbocycles. The molecular weight excluding hydrogens is 435 g/mol. The van der Waals surface area contributed by atoms with E-state index in [1.165, 1.54) is 5.56 Å². The molecule has 2 aliphatic heterocycles. The lowest BCUT2D eigenvalue weighted by atomic mass is 9.85. The summed E-state index contributed by atoms with van der Waals surface area (Å²) in [6.45, 7) is 7.65. The third kappa shape index (κ3) is 4.72. The van der Waals surface area contributed by atoms with Crippen LogP contribution in [0.3, 0.4) is 0 Å². The van der Waals surface area contributed by atoms with Crippen molar-refractivity contribution in [2.75, 3.05) is 19.6 Å². The predicted octanol–water partition coefficient (Wildman–Crippen LogP) is 3.83. The molecule has 31 heavy (non-hydrogen) atoms. The second kappa shape index (κ2) is 8.78. The number of nitrogens with zero attached hydrogens (tertiary/aromatic N) is 3. The van der Waals surface area contributed by atoms with Crippen molar-refractivity contribution in [1.82, 2.24) is 9.80 Å². The summed E-state index contributed by atoms with van der Waals surface area (Å²) in [4.78, 5) is 31.1. The second-order valence-electron chi connectivity index (χ2n) is 8.16. The number of aliphatic carboxylic acids is 1. The van der Waals surface area contributed by atoms with Crippen LogP contribution in [-0.2, 0) is 16.1 Å². The smallest absolute Gasteiger partial charge is 0.475 e. The Balaban J connectivity index is 0.000000339. The molecule has 2 heterocycles. The van der Waals surface area contributed by atoms with Crippen molar-refractivity contribution in [3.8, 4) is 0 Å². The monoisotopic (exact) mass is 459 g/mol. The summed E-state index contributed by atoms with van der Waals surface area (Å²) in [5.74, 6) is -0.680. The highest BCUT2D eigenvalue weighted by atomic mass is 35.5. The number of rotatable bonds is 3. The Hall–Kier alpha value is -2.13. The average Bonchev–Trinajstić information content (AvgIpc) is 3.29. The molecule has 0 bridgehead atoms. The minimum Gasteiger partial charge on any atom is -0.475 e. The number of carboxylic acid groups (broad SMARTS) is 1. The van der Waals surface area contributed by atoms with Gasteiger partial charge in [0.05, 0.1) is 0 Å². The van der Waals surface area contributed by atoms with Gasteiger partial charge in [0.2, 0.25) is 0 Å². The number of hydrogen-bond acceptors (Lipinski definition) is 4. The van der Waals surface area contributed by atoms with Crippen molar-refractivity contribution in [2.45, 2.75) is 44.9 Å². The highest BCUT2D eigenvalue weighted by Crippen LogP contribution is 2.50. The van der Waals surface area contributed by atoms with E-state index in [4.69, 9.17) is 26.5 Å². The second-order valence-corrected chi connectivity index (χ2v) is 8.60. The fourth-order valence-electron chi connectivity index (χ4n) is 4.96. The summed E-state index contributed by atoms with van der Waals surface area (Å²) in [7, 11) is 0. The third-order valence-corrected chi connectivity index (χ3v) is 6.48. The number of hydrogen-bond donors (Lipinski definition) is 1. The molecule has 1 amide bonds. The van der Waals surface area contributed by atoms with Gasteiger partial charge in [0.15, 0.2) is 0 Å². The fraction of sp³-hybridized carbons (Fsp3) is 0.571. The molecule has 1 saturated heterocycles. The van der Waals surface area contributed by atoms with Gasteiger partial charge in [-0.3, -0.25) is 19.6 Å². The van der Waals surface area contributed by atoms with Crippen LogP contribution >= 0.6 is 11.6 Å². The van der Waals surface area contributed by atoms with Crippen LogP contribution in [0.15, 0.2) is 29.3 Å². The van der Waals surface area contributed by atoms with E-state index in [2.05, 4.69) is 11.0 Å². The zero-order valence-corrected chi connectivity index (χ0v) is 18.1. The minimum absolute atomic E-state index is 0.236. The lowest BCUT2D eigenvalue weighted by Gasteiger charge is -2.28. The van der Waals surface area contributed by atoms with E-state index in [-0.39, 0.29) is 5.91 Å². The van der Waals surface area contributed by atoms with E-state index in [9.17, 15) is 18.0 Å². The molecule has 1 aromatic carbocycles. The number of benzene rings is 1. The van der Waals surface area contributed by atoms with Crippen LogP contribution in [0.25, 0.3) is 0 Å². The molecular formula is C21H25ClF3N3O3. The van der Waals surface area contributed by atoms with E-state index >= 15 is 0 Å². The largest absolute Gasteiger partial charge is 0.490 e. The van der Waals surface area contributed by atoms with Crippen LogP contribution in [0.4, 0.5) is 13.2 Å². The number of carboxylic acids is 1. The van der Waals surface area contributed by atoms with Crippen molar-refractivity contribution in [2.24, 2.45) is 16.8 Å². The van der Waals surface area contributed by atoms with Gasteiger partial charge in [-0.2, -0.15) is 13.2 Å². The first-order valence-electron chi connectivity index (χ1n) is 10.1. The number of carbonyl (C=O) groups excluding carboxylic acids is 1. The van der Waals surface area contributed by atoms with Crippen molar-refractivity contribution >= 4 is 29.3 Å². The topological polar surface area (TPSA) is 73.2 Å². The maximum Gasteiger partial charge on any atom is 0.490 e. The quantitative estimate of drug-likeness (QED) is 0.745. The summed E-state index contributed by atoms with van der Waals surface area (Å²) in [6, 6.07) is 8.07. The van der Waals surface area contributed by atoms with E-state index in [0.717, 1.165) is 49.9 Å². The zero-order chi connectivity index (χ0) is 23.0. The summed E-state index contributed by atoms with van der Waals surface area (Å²) in [5, 5.41) is 7.91. The molecule has 1 aromatic rings. The van der Waals surface area contributed by atoms with Gasteiger partial charge in [0, 0.05) is 37.1 Å². The number of carbonyl (C=O) groups is 2. The van der Waals surface area contributed by atoms with Gasteiger partial charge in [-0.15, -0.1) is 0 Å². The molecule has 170 valence electrons. The molecule has 3 atom stereocenters. The number of fused-ring (bicyclic) bond motifs is 2. The number of halogens is 4. The van der Waals surface area contributed by atoms with Gasteiger partial charge in [-0.1, -0.05) is 23.7 Å². The van der Waals surface area contributed by atoms with Gasteiger partial charge >= 0.3 is 12.1 Å². The molecule has 6 nitrogen and oxygen atoms in total. The highest BCUT2D eigenvalue weighted by molar-refractivity contribution is 6.30. The molecule has 0 aromatic heterocycles. The van der Waals surface area contributed by atoms with Gasteiger partial charge < -0.3 is 5.11 Å². The normalized spacial score (nSPS) is 27.9. The van der Waals surface area contributed by atoms with E-state index in [0.29, 0.717) is 11.8 Å². The number of amides is 1. The first-order chi connectivity index (χ1) is 14.5. The first kappa shape index (κ1) is 23.5. The van der Waals surface area contributed by atoms with E-state index in [1.54, 1.807) is 0 Å². The Kier molecular flexibility index (Phi) is 6.67. The van der Waals surface area contributed by atoms with Crippen molar-refractivity contribution in [1.29, 1.82) is 0 Å². The highest BCUT2D eigenvalue weighted by Gasteiger charge is 2.60. The van der Waals surface area contributed by atoms with Crippen LogP contribution < -0.4 is 0 Å². The Labute approximate surface area is 183 Å². The molecule has 0 unspecified atom stereocenters. The van der Waals surface area contributed by atoms with Crippen LogP contribution in [-0.4, -0.2) is 64.0 Å². The third-order valence-electron chi connectivity index (χ3n) is 6.25. The summed E-state index contributed by atoms with van der Waals surface area (Å²) in [6.07, 6.45) is -3.06. The molecule has 2 fully saturated rings. The molecule has 4 rings (SSSR count). The summed E-state index contributed by atoms with van der Waals surface area (Å²) in [5.41, 5.74) is 0.762. The van der Waals surface area contributed by atoms with Gasteiger partial charge in [0.25, 0.3) is 5.91 Å². The number of likely N-dealkylation sites (N-methyl/N-ethyl adjacent to an activating group) is 1. The van der Waals surface area contributed by atoms with Gasteiger partial charge in [-0.25, -0.2) is 4.79 Å². The van der Waals surface area contributed by atoms with Crippen molar-refractivity contribution in [3.05, 3.63) is 34.9 Å².